The number of nitrogens with two attached hydrogens (primary N) is 1. The van der Waals surface area contributed by atoms with Gasteiger partial charge in [-0.15, -0.1) is 11.6 Å². The number of amides is 1. The number of amidine groups is 1. The molecule has 0 spiro atoms. The molecule has 92 valence electrons. The quantitative estimate of drug-likeness (QED) is 0.503. The van der Waals surface area contributed by atoms with Gasteiger partial charge >= 0.3 is 0 Å². The Morgan fingerprint density at radius 3 is 2.65 bits per heavy atom. The summed E-state index contributed by atoms with van der Waals surface area (Å²) in [6.45, 7) is 0. The van der Waals surface area contributed by atoms with Gasteiger partial charge in [0.1, 0.15) is 5.84 Å². The third kappa shape index (κ3) is 4.07. The fourth-order valence-corrected chi connectivity index (χ4v) is 1.33. The second-order valence-corrected chi connectivity index (χ2v) is 4.10. The Balaban J connectivity index is 2.96. The van der Waals surface area contributed by atoms with Gasteiger partial charge in [0.05, 0.1) is 18.0 Å². The van der Waals surface area contributed by atoms with Gasteiger partial charge in [0.2, 0.25) is 5.91 Å². The van der Waals surface area contributed by atoms with Crippen LogP contribution in [0.15, 0.2) is 29.3 Å². The first-order chi connectivity index (χ1) is 8.04. The fourth-order valence-electron chi connectivity index (χ4n) is 1.28. The van der Waals surface area contributed by atoms with E-state index >= 15 is 0 Å². The minimum absolute atomic E-state index is 0.0251. The Labute approximate surface area is 106 Å². The Hall–Kier alpha value is -1.55. The standard InChI is InChI=1S/C12H16ClN3O/c1-16(2)12(17)7-9-5-3-4-6-10(9)15-11(14)8-13/h3-6H,7-8H2,1-2H3,(H2,14,15). The van der Waals surface area contributed by atoms with Gasteiger partial charge in [0, 0.05) is 14.1 Å². The molecule has 2 N–H and O–H groups in total. The number of hydrogen-bond acceptors (Lipinski definition) is 2. The molecule has 1 aromatic carbocycles. The van der Waals surface area contributed by atoms with Crippen molar-refractivity contribution in [3.8, 4) is 0 Å². The van der Waals surface area contributed by atoms with Crippen LogP contribution < -0.4 is 5.73 Å². The van der Waals surface area contributed by atoms with Crippen LogP contribution in [0.3, 0.4) is 0 Å². The van der Waals surface area contributed by atoms with Gasteiger partial charge in [0.25, 0.3) is 0 Å². The van der Waals surface area contributed by atoms with E-state index in [9.17, 15) is 4.79 Å². The molecule has 1 amide bonds. The second kappa shape index (κ2) is 6.25. The average molecular weight is 254 g/mol. The Bertz CT molecular complexity index is 430. The molecule has 0 atom stereocenters. The highest BCUT2D eigenvalue weighted by molar-refractivity contribution is 6.28. The minimum Gasteiger partial charge on any atom is -0.386 e. The minimum atomic E-state index is 0.0251. The highest BCUT2D eigenvalue weighted by atomic mass is 35.5. The summed E-state index contributed by atoms with van der Waals surface area (Å²) in [5.41, 5.74) is 7.13. The molecule has 0 aromatic heterocycles. The van der Waals surface area contributed by atoms with Crippen molar-refractivity contribution in [1.82, 2.24) is 4.90 Å². The molecule has 0 unspecified atom stereocenters. The highest BCUT2D eigenvalue weighted by Crippen LogP contribution is 2.19. The molecule has 0 bridgehead atoms. The summed E-state index contributed by atoms with van der Waals surface area (Å²) in [4.78, 5) is 17.4. The van der Waals surface area contributed by atoms with Crippen molar-refractivity contribution in [3.05, 3.63) is 29.8 Å². The number of aliphatic imine (C=N–C) groups is 1. The second-order valence-electron chi connectivity index (χ2n) is 3.83. The van der Waals surface area contributed by atoms with Gasteiger partial charge < -0.3 is 10.6 Å². The molecule has 0 saturated carbocycles. The summed E-state index contributed by atoms with van der Waals surface area (Å²) < 4.78 is 0. The maximum Gasteiger partial charge on any atom is 0.226 e. The first kappa shape index (κ1) is 13.5. The van der Waals surface area contributed by atoms with Crippen molar-refractivity contribution >= 4 is 29.0 Å². The summed E-state index contributed by atoms with van der Waals surface area (Å²) in [5.74, 6) is 0.546. The predicted octanol–water partition coefficient (Wildman–Crippen LogP) is 1.54. The maximum atomic E-state index is 11.6. The topological polar surface area (TPSA) is 58.7 Å². The molecule has 0 aliphatic heterocycles. The summed E-state index contributed by atoms with van der Waals surface area (Å²) in [5, 5.41) is 0. The fraction of sp³-hybridized carbons (Fsp3) is 0.333. The molecule has 0 radical (unpaired) electrons. The number of halogens is 1. The molecular weight excluding hydrogens is 238 g/mol. The zero-order chi connectivity index (χ0) is 12.8. The number of alkyl halides is 1. The molecular formula is C12H16ClN3O. The number of carbonyl (C=O) groups excluding carboxylic acids is 1. The number of nitrogens with zero attached hydrogens (tertiary/aromatic N) is 2. The number of hydrogen-bond donors (Lipinski definition) is 1. The third-order valence-corrected chi connectivity index (χ3v) is 2.51. The molecule has 5 heteroatoms. The summed E-state index contributed by atoms with van der Waals surface area (Å²) in [6.07, 6.45) is 0.308. The van der Waals surface area contributed by atoms with Crippen molar-refractivity contribution in [2.45, 2.75) is 6.42 Å². The van der Waals surface area contributed by atoms with Crippen LogP contribution in [0.2, 0.25) is 0 Å². The van der Waals surface area contributed by atoms with Crippen LogP contribution in [0.5, 0.6) is 0 Å². The Morgan fingerprint density at radius 1 is 1.41 bits per heavy atom. The number of benzene rings is 1. The van der Waals surface area contributed by atoms with Crippen LogP contribution >= 0.6 is 11.6 Å². The maximum absolute atomic E-state index is 11.6. The third-order valence-electron chi connectivity index (χ3n) is 2.23. The van der Waals surface area contributed by atoms with Gasteiger partial charge in [-0.2, -0.15) is 0 Å². The van der Waals surface area contributed by atoms with Crippen LogP contribution in [0.25, 0.3) is 0 Å². The van der Waals surface area contributed by atoms with Gasteiger partial charge in [-0.1, -0.05) is 18.2 Å². The van der Waals surface area contributed by atoms with E-state index in [0.717, 1.165) is 5.56 Å². The number of carbonyl (C=O) groups is 1. The molecule has 1 aromatic rings. The lowest BCUT2D eigenvalue weighted by molar-refractivity contribution is -0.127. The molecule has 1 rings (SSSR count). The van der Waals surface area contributed by atoms with Crippen molar-refractivity contribution < 1.29 is 4.79 Å². The largest absolute Gasteiger partial charge is 0.386 e. The summed E-state index contributed by atoms with van der Waals surface area (Å²) >= 11 is 5.58. The molecule has 0 fully saturated rings. The van der Waals surface area contributed by atoms with E-state index < -0.39 is 0 Å². The van der Waals surface area contributed by atoms with Crippen LogP contribution in [-0.2, 0) is 11.2 Å². The van der Waals surface area contributed by atoms with Gasteiger partial charge in [-0.25, -0.2) is 4.99 Å². The molecule has 4 nitrogen and oxygen atoms in total. The van der Waals surface area contributed by atoms with E-state index in [1.807, 2.05) is 24.3 Å². The van der Waals surface area contributed by atoms with Crippen LogP contribution in [0.4, 0.5) is 5.69 Å². The lowest BCUT2D eigenvalue weighted by Crippen LogP contribution is -2.23. The van der Waals surface area contributed by atoms with E-state index in [4.69, 9.17) is 17.3 Å². The van der Waals surface area contributed by atoms with Gasteiger partial charge in [0.15, 0.2) is 0 Å². The number of para-hydroxylation sites is 1. The van der Waals surface area contributed by atoms with E-state index in [1.165, 1.54) is 0 Å². The van der Waals surface area contributed by atoms with Crippen LogP contribution in [-0.4, -0.2) is 36.6 Å². The van der Waals surface area contributed by atoms with E-state index in [0.29, 0.717) is 17.9 Å². The van der Waals surface area contributed by atoms with Crippen molar-refractivity contribution in [3.63, 3.8) is 0 Å². The van der Waals surface area contributed by atoms with Crippen molar-refractivity contribution in [1.29, 1.82) is 0 Å². The molecule has 0 aliphatic rings. The summed E-state index contributed by atoms with van der Waals surface area (Å²) in [6, 6.07) is 7.40. The summed E-state index contributed by atoms with van der Waals surface area (Å²) in [7, 11) is 3.45. The average Bonchev–Trinajstić information content (AvgIpc) is 2.31. The van der Waals surface area contributed by atoms with Crippen LogP contribution in [0.1, 0.15) is 5.56 Å². The van der Waals surface area contributed by atoms with E-state index in [1.54, 1.807) is 19.0 Å². The molecule has 0 aliphatic carbocycles. The predicted molar refractivity (Wildman–Crippen MR) is 70.8 cm³/mol. The van der Waals surface area contributed by atoms with Crippen LogP contribution in [0, 0.1) is 0 Å². The van der Waals surface area contributed by atoms with Gasteiger partial charge in [-0.05, 0) is 11.6 Å². The SMILES string of the molecule is CN(C)C(=O)Cc1ccccc1N=C(N)CCl. The highest BCUT2D eigenvalue weighted by Gasteiger charge is 2.09. The zero-order valence-electron chi connectivity index (χ0n) is 9.98. The lowest BCUT2D eigenvalue weighted by Gasteiger charge is -2.11. The molecule has 0 saturated heterocycles. The lowest BCUT2D eigenvalue weighted by atomic mass is 10.1. The normalized spacial score (nSPS) is 11.4. The molecule has 17 heavy (non-hydrogen) atoms. The van der Waals surface area contributed by atoms with E-state index in [-0.39, 0.29) is 11.8 Å². The van der Waals surface area contributed by atoms with Crippen molar-refractivity contribution in [2.75, 3.05) is 20.0 Å². The smallest absolute Gasteiger partial charge is 0.226 e. The Morgan fingerprint density at radius 2 is 2.06 bits per heavy atom. The number of rotatable bonds is 4. The Kier molecular flexibility index (Phi) is 4.97. The monoisotopic (exact) mass is 253 g/mol. The van der Waals surface area contributed by atoms with E-state index in [2.05, 4.69) is 4.99 Å². The van der Waals surface area contributed by atoms with Gasteiger partial charge in [-0.3, -0.25) is 4.79 Å². The molecule has 0 heterocycles. The first-order valence-electron chi connectivity index (χ1n) is 5.21. The zero-order valence-corrected chi connectivity index (χ0v) is 10.7. The number of likely N-dealkylation sites (N-methyl/N-ethyl adjacent to an activating group) is 1. The van der Waals surface area contributed by atoms with Crippen molar-refractivity contribution in [2.24, 2.45) is 10.7 Å². The first-order valence-corrected chi connectivity index (χ1v) is 5.75.